The van der Waals surface area contributed by atoms with E-state index in [1.165, 1.54) is 49.3 Å². The molecule has 148 valence electrons. The van der Waals surface area contributed by atoms with Gasteiger partial charge in [0.2, 0.25) is 0 Å². The summed E-state index contributed by atoms with van der Waals surface area (Å²) in [6, 6.07) is 32.4. The molecule has 0 aliphatic carbocycles. The SMILES string of the molecule is C=CC.S.c1ccc(-n2c3ccccc3c3cc4[nH]c5ccccc5c4cc32)cc1. The molecule has 0 amide bonds. The second kappa shape index (κ2) is 8.13. The van der Waals surface area contributed by atoms with Gasteiger partial charge >= 0.3 is 0 Å². The summed E-state index contributed by atoms with van der Waals surface area (Å²) < 4.78 is 2.37. The molecule has 1 N–H and O–H groups in total. The van der Waals surface area contributed by atoms with Crippen LogP contribution in [0.3, 0.4) is 0 Å². The molecule has 0 saturated heterocycles. The van der Waals surface area contributed by atoms with Crippen LogP contribution >= 0.6 is 13.5 Å². The first-order valence-electron chi connectivity index (χ1n) is 9.88. The van der Waals surface area contributed by atoms with Gasteiger partial charge in [-0.3, -0.25) is 0 Å². The number of para-hydroxylation sites is 3. The van der Waals surface area contributed by atoms with E-state index in [1.807, 2.05) is 6.92 Å². The molecule has 0 atom stereocenters. The Labute approximate surface area is 182 Å². The van der Waals surface area contributed by atoms with Crippen LogP contribution in [0, 0.1) is 0 Å². The Balaban J connectivity index is 0.000000516. The standard InChI is InChI=1S/C24H16N2.C3H6.H2S/c1-2-8-16(9-3-1)26-23-13-7-5-11-18(23)20-14-22-19(15-24(20)26)17-10-4-6-12-21(17)25-22;1-3-2;/h1-15,25H;3H,1H2,2H3;1H2. The van der Waals surface area contributed by atoms with Gasteiger partial charge in [-0.05, 0) is 43.3 Å². The number of nitrogens with zero attached hydrogens (tertiary/aromatic N) is 1. The van der Waals surface area contributed by atoms with E-state index in [9.17, 15) is 0 Å². The summed E-state index contributed by atoms with van der Waals surface area (Å²) in [5, 5.41) is 5.11. The first-order valence-corrected chi connectivity index (χ1v) is 9.88. The first kappa shape index (κ1) is 19.9. The van der Waals surface area contributed by atoms with Crippen molar-refractivity contribution >= 4 is 57.1 Å². The van der Waals surface area contributed by atoms with Crippen molar-refractivity contribution in [3.63, 3.8) is 0 Å². The summed E-state index contributed by atoms with van der Waals surface area (Å²) in [7, 11) is 0. The van der Waals surface area contributed by atoms with E-state index in [0.717, 1.165) is 0 Å². The maximum Gasteiger partial charge on any atom is 0.0548 e. The molecule has 0 saturated carbocycles. The zero-order valence-corrected chi connectivity index (χ0v) is 17.9. The third-order valence-electron chi connectivity index (χ3n) is 5.31. The number of hydrogen-bond acceptors (Lipinski definition) is 0. The fourth-order valence-electron chi connectivity index (χ4n) is 4.17. The van der Waals surface area contributed by atoms with Crippen molar-refractivity contribution in [3.8, 4) is 5.69 Å². The van der Waals surface area contributed by atoms with Gasteiger partial charge in [0.15, 0.2) is 0 Å². The van der Waals surface area contributed by atoms with Crippen molar-refractivity contribution in [3.05, 3.63) is 104 Å². The van der Waals surface area contributed by atoms with Crippen LogP contribution in [0.5, 0.6) is 0 Å². The Morgan fingerprint density at radius 3 is 2.07 bits per heavy atom. The second-order valence-corrected chi connectivity index (χ2v) is 7.18. The number of hydrogen-bond donors (Lipinski definition) is 1. The molecule has 4 aromatic carbocycles. The molecule has 6 rings (SSSR count). The number of benzene rings is 4. The molecule has 0 radical (unpaired) electrons. The van der Waals surface area contributed by atoms with Gasteiger partial charge in [0.25, 0.3) is 0 Å². The number of rotatable bonds is 1. The Morgan fingerprint density at radius 1 is 0.667 bits per heavy atom. The number of allylic oxidation sites excluding steroid dienone is 1. The van der Waals surface area contributed by atoms with Crippen molar-refractivity contribution in [2.45, 2.75) is 6.92 Å². The summed E-state index contributed by atoms with van der Waals surface area (Å²) in [5.74, 6) is 0. The highest BCUT2D eigenvalue weighted by atomic mass is 32.1. The highest BCUT2D eigenvalue weighted by Crippen LogP contribution is 2.36. The lowest BCUT2D eigenvalue weighted by Gasteiger charge is -2.07. The number of aromatic amines is 1. The number of nitrogens with one attached hydrogen (secondary N) is 1. The molecule has 0 unspecified atom stereocenters. The lowest BCUT2D eigenvalue weighted by atomic mass is 10.1. The molecule has 3 heteroatoms. The minimum absolute atomic E-state index is 0. The molecular weight excluding hydrogens is 384 g/mol. The third-order valence-corrected chi connectivity index (χ3v) is 5.31. The Hall–Kier alpha value is -3.43. The van der Waals surface area contributed by atoms with Crippen LogP contribution in [0.25, 0.3) is 49.3 Å². The van der Waals surface area contributed by atoms with Crippen LogP contribution in [-0.4, -0.2) is 9.55 Å². The smallest absolute Gasteiger partial charge is 0.0548 e. The van der Waals surface area contributed by atoms with E-state index in [1.54, 1.807) is 6.08 Å². The molecule has 30 heavy (non-hydrogen) atoms. The highest BCUT2D eigenvalue weighted by molar-refractivity contribution is 7.59. The van der Waals surface area contributed by atoms with Gasteiger partial charge in [0.1, 0.15) is 0 Å². The molecular formula is C27H24N2S. The van der Waals surface area contributed by atoms with Crippen LogP contribution in [0.15, 0.2) is 104 Å². The average molecular weight is 409 g/mol. The average Bonchev–Trinajstić information content (AvgIpc) is 3.28. The number of aromatic nitrogens is 2. The van der Waals surface area contributed by atoms with Gasteiger partial charge in [-0.15, -0.1) is 6.58 Å². The molecule has 2 nitrogen and oxygen atoms in total. The van der Waals surface area contributed by atoms with Gasteiger partial charge in [-0.2, -0.15) is 13.5 Å². The van der Waals surface area contributed by atoms with E-state index >= 15 is 0 Å². The topological polar surface area (TPSA) is 20.7 Å². The van der Waals surface area contributed by atoms with Crippen molar-refractivity contribution < 1.29 is 0 Å². The second-order valence-electron chi connectivity index (χ2n) is 7.18. The van der Waals surface area contributed by atoms with Gasteiger partial charge in [0.05, 0.1) is 11.0 Å². The molecule has 2 aromatic heterocycles. The van der Waals surface area contributed by atoms with Crippen LogP contribution in [-0.2, 0) is 0 Å². The molecule has 2 heterocycles. The lowest BCUT2D eigenvalue weighted by Crippen LogP contribution is -1.92. The third kappa shape index (κ3) is 3.08. The quantitative estimate of drug-likeness (QED) is 0.269. The van der Waals surface area contributed by atoms with Crippen LogP contribution in [0.1, 0.15) is 6.92 Å². The maximum absolute atomic E-state index is 3.57. The highest BCUT2D eigenvalue weighted by Gasteiger charge is 2.14. The van der Waals surface area contributed by atoms with Gasteiger partial charge in [-0.25, -0.2) is 0 Å². The minimum atomic E-state index is 0. The molecule has 0 bridgehead atoms. The van der Waals surface area contributed by atoms with Crippen molar-refractivity contribution in [2.24, 2.45) is 0 Å². The Bertz CT molecular complexity index is 1470. The van der Waals surface area contributed by atoms with Gasteiger partial charge in [-0.1, -0.05) is 60.7 Å². The maximum atomic E-state index is 3.57. The van der Waals surface area contributed by atoms with E-state index in [2.05, 4.69) is 107 Å². The van der Waals surface area contributed by atoms with E-state index < -0.39 is 0 Å². The predicted molar refractivity (Wildman–Crippen MR) is 136 cm³/mol. The normalized spacial score (nSPS) is 10.7. The van der Waals surface area contributed by atoms with Crippen LogP contribution in [0.4, 0.5) is 0 Å². The number of fused-ring (bicyclic) bond motifs is 6. The molecule has 0 aliphatic rings. The Kier molecular flexibility index (Phi) is 5.39. The number of H-pyrrole nitrogens is 1. The summed E-state index contributed by atoms with van der Waals surface area (Å²) in [5.41, 5.74) is 6.05. The van der Waals surface area contributed by atoms with Gasteiger partial charge in [0, 0.05) is 38.3 Å². The van der Waals surface area contributed by atoms with E-state index in [0.29, 0.717) is 0 Å². The predicted octanol–water partition coefficient (Wildman–Crippen LogP) is 7.72. The van der Waals surface area contributed by atoms with E-state index in [-0.39, 0.29) is 13.5 Å². The van der Waals surface area contributed by atoms with E-state index in [4.69, 9.17) is 0 Å². The molecule has 0 spiro atoms. The lowest BCUT2D eigenvalue weighted by molar-refractivity contribution is 1.18. The summed E-state index contributed by atoms with van der Waals surface area (Å²) in [6.07, 6.45) is 1.75. The summed E-state index contributed by atoms with van der Waals surface area (Å²) in [4.78, 5) is 3.57. The fraction of sp³-hybridized carbons (Fsp3) is 0.0370. The monoisotopic (exact) mass is 408 g/mol. The summed E-state index contributed by atoms with van der Waals surface area (Å²) in [6.45, 7) is 5.25. The molecule has 0 aliphatic heterocycles. The summed E-state index contributed by atoms with van der Waals surface area (Å²) >= 11 is 0. The Morgan fingerprint density at radius 2 is 1.30 bits per heavy atom. The molecule has 0 fully saturated rings. The fourth-order valence-corrected chi connectivity index (χ4v) is 4.17. The van der Waals surface area contributed by atoms with Gasteiger partial charge < -0.3 is 9.55 Å². The first-order chi connectivity index (χ1) is 14.3. The van der Waals surface area contributed by atoms with Crippen molar-refractivity contribution in [2.75, 3.05) is 0 Å². The zero-order chi connectivity index (χ0) is 19.8. The largest absolute Gasteiger partial charge is 0.354 e. The van der Waals surface area contributed by atoms with Crippen LogP contribution < -0.4 is 0 Å². The van der Waals surface area contributed by atoms with Crippen LogP contribution in [0.2, 0.25) is 0 Å². The minimum Gasteiger partial charge on any atom is -0.354 e. The zero-order valence-electron chi connectivity index (χ0n) is 16.9. The van der Waals surface area contributed by atoms with Crippen molar-refractivity contribution in [1.82, 2.24) is 9.55 Å². The molecule has 6 aromatic rings. The van der Waals surface area contributed by atoms with Crippen molar-refractivity contribution in [1.29, 1.82) is 0 Å².